The van der Waals surface area contributed by atoms with Crippen LogP contribution in [-0.4, -0.2) is 100 Å². The van der Waals surface area contributed by atoms with Gasteiger partial charge in [0, 0.05) is 12.8 Å². The van der Waals surface area contributed by atoms with Crippen molar-refractivity contribution in [1.82, 2.24) is 5.32 Å². The van der Waals surface area contributed by atoms with Gasteiger partial charge in [-0.25, -0.2) is 0 Å². The van der Waals surface area contributed by atoms with Gasteiger partial charge in [-0.2, -0.15) is 0 Å². The molecule has 1 saturated heterocycles. The molecule has 548 valence electrons. The molecule has 0 saturated carbocycles. The predicted octanol–water partition coefficient (Wildman–Crippen LogP) is 21.8. The van der Waals surface area contributed by atoms with E-state index in [1.54, 1.807) is 6.08 Å². The Labute approximate surface area is 579 Å². The normalized spacial score (nSPS) is 17.8. The van der Waals surface area contributed by atoms with Crippen molar-refractivity contribution >= 4 is 11.9 Å². The molecule has 0 aromatic rings. The molecule has 7 unspecified atom stereocenters. The van der Waals surface area contributed by atoms with E-state index in [2.05, 4.69) is 79.9 Å². The molecule has 1 heterocycles. The summed E-state index contributed by atoms with van der Waals surface area (Å²) in [5.41, 5.74) is 0. The van der Waals surface area contributed by atoms with E-state index in [9.17, 15) is 35.1 Å². The number of carbonyl (C=O) groups excluding carboxylic acids is 2. The van der Waals surface area contributed by atoms with Gasteiger partial charge < -0.3 is 45.1 Å². The molecule has 0 radical (unpaired) electrons. The summed E-state index contributed by atoms with van der Waals surface area (Å²) >= 11 is 0. The van der Waals surface area contributed by atoms with Crippen LogP contribution >= 0.6 is 0 Å². The first-order chi connectivity index (χ1) is 46.2. The molecule has 0 aromatic heterocycles. The average molecular weight is 1320 g/mol. The van der Waals surface area contributed by atoms with Crippen LogP contribution in [0.2, 0.25) is 0 Å². The van der Waals surface area contributed by atoms with E-state index in [0.717, 1.165) is 77.0 Å². The van der Waals surface area contributed by atoms with Crippen molar-refractivity contribution < 1.29 is 49.3 Å². The molecule has 1 aliphatic heterocycles. The van der Waals surface area contributed by atoms with Crippen molar-refractivity contribution in [1.29, 1.82) is 0 Å². The Kier molecular flexibility index (Phi) is 67.7. The quantitative estimate of drug-likeness (QED) is 0.0195. The molecule has 1 amide bonds. The molecule has 0 spiro atoms. The number of ether oxygens (including phenoxy) is 3. The molecule has 7 atom stereocenters. The summed E-state index contributed by atoms with van der Waals surface area (Å²) in [5.74, 6) is -0.184. The lowest BCUT2D eigenvalue weighted by Crippen LogP contribution is -2.60. The summed E-state index contributed by atoms with van der Waals surface area (Å²) in [5, 5.41) is 54.3. The molecule has 0 bridgehead atoms. The Morgan fingerprint density at radius 2 is 0.755 bits per heavy atom. The third-order valence-electron chi connectivity index (χ3n) is 18.8. The summed E-state index contributed by atoms with van der Waals surface area (Å²) in [4.78, 5) is 25.1. The predicted molar refractivity (Wildman–Crippen MR) is 398 cm³/mol. The number of hydrogen-bond acceptors (Lipinski definition) is 10. The summed E-state index contributed by atoms with van der Waals surface area (Å²) in [6, 6.07) is -0.833. The zero-order valence-corrected chi connectivity index (χ0v) is 61.2. The minimum Gasteiger partial charge on any atom is -0.466 e. The fourth-order valence-electron chi connectivity index (χ4n) is 12.5. The van der Waals surface area contributed by atoms with Gasteiger partial charge in [-0.15, -0.1) is 0 Å². The zero-order valence-electron chi connectivity index (χ0n) is 61.2. The van der Waals surface area contributed by atoms with Crippen LogP contribution in [0.5, 0.6) is 0 Å². The van der Waals surface area contributed by atoms with Gasteiger partial charge in [0.1, 0.15) is 24.4 Å². The molecule has 1 aliphatic rings. The number of aliphatic hydroxyl groups excluding tert-OH is 5. The third-order valence-corrected chi connectivity index (χ3v) is 18.8. The number of hydrogen-bond donors (Lipinski definition) is 6. The fourth-order valence-corrected chi connectivity index (χ4v) is 12.5. The van der Waals surface area contributed by atoms with E-state index in [1.807, 2.05) is 6.08 Å². The van der Waals surface area contributed by atoms with Crippen molar-refractivity contribution in [3.63, 3.8) is 0 Å². The number of unbranched alkanes of at least 4 members (excludes halogenated alkanes) is 47. The molecule has 94 heavy (non-hydrogen) atoms. The van der Waals surface area contributed by atoms with Crippen LogP contribution in [0.3, 0.4) is 0 Å². The first kappa shape index (κ1) is 89.1. The second-order valence-corrected chi connectivity index (χ2v) is 27.7. The van der Waals surface area contributed by atoms with Crippen LogP contribution in [0.15, 0.2) is 72.9 Å². The summed E-state index contributed by atoms with van der Waals surface area (Å²) in [6.07, 6.45) is 88.2. The van der Waals surface area contributed by atoms with Crippen LogP contribution in [0, 0.1) is 0 Å². The Balaban J connectivity index is 1.87. The molecular weight excluding hydrogens is 1170 g/mol. The SMILES string of the molecule is CC/C=C/CC/C=C/CC/C=C/C(O)C(COC1OC(CO)C(O)C(O)C1O)NC(=O)CCCCCCCCCCCCCCCCCCC/C=C\C/C=C\CCCCCCCCCCCCCCCCCOC(=O)CCCCCCCCC/C=C\CCCCCCCC. The minimum atomic E-state index is -1.58. The second-order valence-electron chi connectivity index (χ2n) is 27.7. The molecule has 11 heteroatoms. The fraction of sp³-hybridized carbons (Fsp3) is 0.831. The van der Waals surface area contributed by atoms with Gasteiger partial charge in [-0.05, 0) is 109 Å². The standard InChI is InChI=1S/C83H151NO10/c1-3-5-7-9-11-13-15-16-17-41-45-48-51-55-59-63-67-71-79(88)92-72-68-64-60-56-52-49-46-43-40-38-36-34-32-30-28-26-24-22-20-18-19-21-23-25-27-29-31-33-35-37-39-42-44-47-50-54-58-62-66-70-78(87)84-75(74-93-83-82(91)81(90)80(89)77(73-85)94-83)76(86)69-65-61-57-53-14-12-10-8-6-4-2/h6,8,14,16-19,22,24,53,65,69,75-77,80-83,85-86,89-91H,3-5,7,9-13,15,20-21,23,25-52,54-64,66-68,70-74H2,1-2H3,(H,84,87)/b8-6+,17-16-,19-18-,24-22-,53-14+,69-65+. The maximum atomic E-state index is 13.0. The average Bonchev–Trinajstić information content (AvgIpc) is 0.904. The number of aliphatic hydroxyl groups is 5. The van der Waals surface area contributed by atoms with Gasteiger partial charge in [0.15, 0.2) is 6.29 Å². The van der Waals surface area contributed by atoms with Crippen molar-refractivity contribution in [2.45, 2.75) is 423 Å². The van der Waals surface area contributed by atoms with Crippen LogP contribution in [0.1, 0.15) is 380 Å². The molecule has 0 aromatic carbocycles. The molecule has 1 rings (SSSR count). The lowest BCUT2D eigenvalue weighted by atomic mass is 9.99. The van der Waals surface area contributed by atoms with Gasteiger partial charge in [-0.1, -0.05) is 331 Å². The van der Waals surface area contributed by atoms with Gasteiger partial charge in [-0.3, -0.25) is 9.59 Å². The Morgan fingerprint density at radius 1 is 0.404 bits per heavy atom. The number of allylic oxidation sites excluding steroid dienone is 11. The Hall–Kier alpha value is -2.90. The molecule has 1 fully saturated rings. The maximum Gasteiger partial charge on any atom is 0.305 e. The van der Waals surface area contributed by atoms with Crippen LogP contribution < -0.4 is 5.32 Å². The van der Waals surface area contributed by atoms with E-state index in [4.69, 9.17) is 14.2 Å². The molecule has 11 nitrogen and oxygen atoms in total. The van der Waals surface area contributed by atoms with E-state index in [1.165, 1.54) is 276 Å². The number of rotatable bonds is 71. The topological polar surface area (TPSA) is 175 Å². The third kappa shape index (κ3) is 59.2. The largest absolute Gasteiger partial charge is 0.466 e. The van der Waals surface area contributed by atoms with Crippen LogP contribution in [0.4, 0.5) is 0 Å². The van der Waals surface area contributed by atoms with E-state index < -0.39 is 49.5 Å². The van der Waals surface area contributed by atoms with Gasteiger partial charge in [0.25, 0.3) is 0 Å². The highest BCUT2D eigenvalue weighted by Crippen LogP contribution is 2.24. The number of esters is 1. The Morgan fingerprint density at radius 3 is 1.17 bits per heavy atom. The second kappa shape index (κ2) is 71.4. The van der Waals surface area contributed by atoms with E-state index in [0.29, 0.717) is 19.4 Å². The van der Waals surface area contributed by atoms with Gasteiger partial charge in [0.05, 0.1) is 32.0 Å². The minimum absolute atomic E-state index is 0.0111. The van der Waals surface area contributed by atoms with Crippen LogP contribution in [0.25, 0.3) is 0 Å². The van der Waals surface area contributed by atoms with Crippen LogP contribution in [-0.2, 0) is 23.8 Å². The lowest BCUT2D eigenvalue weighted by molar-refractivity contribution is -0.302. The highest BCUT2D eigenvalue weighted by molar-refractivity contribution is 5.76. The van der Waals surface area contributed by atoms with E-state index >= 15 is 0 Å². The number of amides is 1. The number of nitrogens with one attached hydrogen (secondary N) is 1. The Bertz CT molecular complexity index is 1790. The van der Waals surface area contributed by atoms with Gasteiger partial charge in [0.2, 0.25) is 5.91 Å². The maximum absolute atomic E-state index is 13.0. The molecule has 6 N–H and O–H groups in total. The van der Waals surface area contributed by atoms with Crippen molar-refractivity contribution in [3.05, 3.63) is 72.9 Å². The number of carbonyl (C=O) groups is 2. The monoisotopic (exact) mass is 1320 g/mol. The van der Waals surface area contributed by atoms with Gasteiger partial charge >= 0.3 is 5.97 Å². The van der Waals surface area contributed by atoms with Crippen molar-refractivity contribution in [2.24, 2.45) is 0 Å². The van der Waals surface area contributed by atoms with Crippen molar-refractivity contribution in [3.8, 4) is 0 Å². The highest BCUT2D eigenvalue weighted by atomic mass is 16.7. The smallest absolute Gasteiger partial charge is 0.305 e. The summed E-state index contributed by atoms with van der Waals surface area (Å²) in [7, 11) is 0. The van der Waals surface area contributed by atoms with Crippen molar-refractivity contribution in [2.75, 3.05) is 19.8 Å². The molecular formula is C83H151NO10. The summed E-state index contributed by atoms with van der Waals surface area (Å²) < 4.78 is 16.7. The zero-order chi connectivity index (χ0) is 67.9. The molecule has 0 aliphatic carbocycles. The lowest BCUT2D eigenvalue weighted by Gasteiger charge is -2.40. The first-order valence-electron chi connectivity index (χ1n) is 40.2. The van der Waals surface area contributed by atoms with E-state index in [-0.39, 0.29) is 18.5 Å². The first-order valence-corrected chi connectivity index (χ1v) is 40.2. The summed E-state index contributed by atoms with van der Waals surface area (Å²) in [6.45, 7) is 4.23. The highest BCUT2D eigenvalue weighted by Gasteiger charge is 2.44.